The first-order chi connectivity index (χ1) is 10.9. The highest BCUT2D eigenvalue weighted by atomic mass is 16.5. The van der Waals surface area contributed by atoms with Gasteiger partial charge in [-0.3, -0.25) is 24.1 Å². The van der Waals surface area contributed by atoms with Gasteiger partial charge in [0, 0.05) is 20.6 Å². The van der Waals surface area contributed by atoms with Crippen LogP contribution in [-0.4, -0.2) is 37.3 Å². The molecule has 3 heterocycles. The molecule has 0 aliphatic carbocycles. The molecular formula is C13H18N6O4. The number of anilines is 1. The fourth-order valence-corrected chi connectivity index (χ4v) is 2.69. The number of carbonyl (C=O) groups excluding carboxylic acids is 1. The molecule has 0 saturated carbocycles. The number of esters is 1. The highest BCUT2D eigenvalue weighted by Crippen LogP contribution is 2.19. The van der Waals surface area contributed by atoms with Gasteiger partial charge in [-0.25, -0.2) is 10.2 Å². The monoisotopic (exact) mass is 322 g/mol. The minimum absolute atomic E-state index is 0.159. The summed E-state index contributed by atoms with van der Waals surface area (Å²) < 4.78 is 8.98. The van der Waals surface area contributed by atoms with Gasteiger partial charge in [0.15, 0.2) is 11.2 Å². The van der Waals surface area contributed by atoms with Crippen LogP contribution in [0.25, 0.3) is 11.2 Å². The zero-order valence-corrected chi connectivity index (χ0v) is 13.1. The molecule has 0 radical (unpaired) electrons. The summed E-state index contributed by atoms with van der Waals surface area (Å²) >= 11 is 0. The summed E-state index contributed by atoms with van der Waals surface area (Å²) in [4.78, 5) is 40.3. The van der Waals surface area contributed by atoms with Crippen molar-refractivity contribution in [2.24, 2.45) is 14.1 Å². The van der Waals surface area contributed by atoms with Crippen molar-refractivity contribution in [1.29, 1.82) is 0 Å². The van der Waals surface area contributed by atoms with Crippen molar-refractivity contribution in [3.05, 3.63) is 20.8 Å². The predicted octanol–water partition coefficient (Wildman–Crippen LogP) is -1.31. The van der Waals surface area contributed by atoms with Gasteiger partial charge in [0.1, 0.15) is 0 Å². The summed E-state index contributed by atoms with van der Waals surface area (Å²) in [5, 5.41) is 0. The number of hydrogen-bond acceptors (Lipinski definition) is 7. The van der Waals surface area contributed by atoms with E-state index in [0.717, 1.165) is 4.57 Å². The molecular weight excluding hydrogens is 304 g/mol. The van der Waals surface area contributed by atoms with Crippen LogP contribution in [0, 0.1) is 0 Å². The number of imidazole rings is 1. The molecule has 10 heteroatoms. The molecule has 2 aromatic heterocycles. The van der Waals surface area contributed by atoms with E-state index in [9.17, 15) is 14.4 Å². The van der Waals surface area contributed by atoms with Crippen molar-refractivity contribution in [2.45, 2.75) is 25.9 Å². The van der Waals surface area contributed by atoms with Crippen LogP contribution in [0.5, 0.6) is 0 Å². The van der Waals surface area contributed by atoms with Crippen LogP contribution in [0.2, 0.25) is 0 Å². The molecule has 0 fully saturated rings. The van der Waals surface area contributed by atoms with E-state index in [2.05, 4.69) is 15.8 Å². The van der Waals surface area contributed by atoms with Gasteiger partial charge in [0.2, 0.25) is 5.95 Å². The third kappa shape index (κ3) is 2.40. The third-order valence-corrected chi connectivity index (χ3v) is 3.86. The average Bonchev–Trinajstić information content (AvgIpc) is 2.90. The number of nitrogens with zero attached hydrogens (tertiary/aromatic N) is 4. The maximum Gasteiger partial charge on any atom is 0.332 e. The van der Waals surface area contributed by atoms with Crippen molar-refractivity contribution in [2.75, 3.05) is 12.0 Å². The zero-order valence-electron chi connectivity index (χ0n) is 13.1. The largest absolute Gasteiger partial charge is 0.466 e. The highest BCUT2D eigenvalue weighted by Gasteiger charge is 2.26. The topological polar surface area (TPSA) is 112 Å². The normalized spacial score (nSPS) is 16.9. The average molecular weight is 322 g/mol. The second-order valence-electron chi connectivity index (χ2n) is 5.40. The molecule has 0 amide bonds. The van der Waals surface area contributed by atoms with Crippen LogP contribution < -0.4 is 22.1 Å². The maximum absolute atomic E-state index is 12.4. The molecule has 0 aromatic carbocycles. The fraction of sp³-hybridized carbons (Fsp3) is 0.538. The SMILES string of the molecule is CCOC(=O)CC1Cn2c(nc3c2c(=O)n(C)c(=O)n3C)NN1. The number of ether oxygens (including phenoxy) is 1. The molecule has 2 N–H and O–H groups in total. The second kappa shape index (κ2) is 5.54. The molecule has 10 nitrogen and oxygen atoms in total. The van der Waals surface area contributed by atoms with Gasteiger partial charge in [-0.15, -0.1) is 0 Å². The quantitative estimate of drug-likeness (QED) is 0.674. The number of fused-ring (bicyclic) bond motifs is 3. The molecule has 1 atom stereocenters. The summed E-state index contributed by atoms with van der Waals surface area (Å²) in [5.74, 6) is 0.110. The van der Waals surface area contributed by atoms with E-state index in [1.807, 2.05) is 0 Å². The van der Waals surface area contributed by atoms with Crippen molar-refractivity contribution < 1.29 is 9.53 Å². The maximum atomic E-state index is 12.4. The van der Waals surface area contributed by atoms with E-state index in [1.54, 1.807) is 18.5 Å². The van der Waals surface area contributed by atoms with E-state index >= 15 is 0 Å². The lowest BCUT2D eigenvalue weighted by Crippen LogP contribution is -2.45. The van der Waals surface area contributed by atoms with Crippen LogP contribution in [0.15, 0.2) is 9.59 Å². The number of nitrogens with one attached hydrogen (secondary N) is 2. The number of hydrogen-bond donors (Lipinski definition) is 2. The molecule has 2 aromatic rings. The standard InChI is InChI=1S/C13H18N6O4/c1-4-23-8(20)5-7-6-19-9-10(14-12(19)16-15-7)17(2)13(22)18(3)11(9)21/h7,15H,4-6H2,1-3H3,(H,14,16). The van der Waals surface area contributed by atoms with E-state index in [0.29, 0.717) is 30.3 Å². The van der Waals surface area contributed by atoms with E-state index in [1.165, 1.54) is 11.6 Å². The molecule has 0 bridgehead atoms. The molecule has 1 aliphatic heterocycles. The molecule has 23 heavy (non-hydrogen) atoms. The van der Waals surface area contributed by atoms with E-state index in [4.69, 9.17) is 4.74 Å². The molecule has 3 rings (SSSR count). The molecule has 1 aliphatic rings. The lowest BCUT2D eigenvalue weighted by Gasteiger charge is -2.25. The lowest BCUT2D eigenvalue weighted by molar-refractivity contribution is -0.143. The van der Waals surface area contributed by atoms with Crippen LogP contribution in [0.1, 0.15) is 13.3 Å². The first-order valence-corrected chi connectivity index (χ1v) is 7.27. The summed E-state index contributed by atoms with van der Waals surface area (Å²) in [7, 11) is 2.99. The Balaban J connectivity index is 2.04. The Bertz CT molecular complexity index is 892. The molecule has 0 saturated heterocycles. The number of rotatable bonds is 3. The Morgan fingerprint density at radius 2 is 2.09 bits per heavy atom. The van der Waals surface area contributed by atoms with Gasteiger partial charge in [-0.1, -0.05) is 0 Å². The van der Waals surface area contributed by atoms with Gasteiger partial charge in [-0.05, 0) is 6.92 Å². The fourth-order valence-electron chi connectivity index (χ4n) is 2.69. The van der Waals surface area contributed by atoms with E-state index < -0.39 is 11.2 Å². The van der Waals surface area contributed by atoms with Crippen molar-refractivity contribution in [3.8, 4) is 0 Å². The van der Waals surface area contributed by atoms with Gasteiger partial charge in [0.25, 0.3) is 5.56 Å². The molecule has 1 unspecified atom stereocenters. The smallest absolute Gasteiger partial charge is 0.332 e. The van der Waals surface area contributed by atoms with Crippen LogP contribution in [0.4, 0.5) is 5.95 Å². The van der Waals surface area contributed by atoms with Crippen LogP contribution in [-0.2, 0) is 30.2 Å². The Hall–Kier alpha value is -2.62. The number of carbonyl (C=O) groups is 1. The lowest BCUT2D eigenvalue weighted by atomic mass is 10.2. The van der Waals surface area contributed by atoms with Gasteiger partial charge in [-0.2, -0.15) is 4.98 Å². The number of hydrazine groups is 1. The number of aromatic nitrogens is 4. The van der Waals surface area contributed by atoms with E-state index in [-0.39, 0.29) is 18.4 Å². The number of aryl methyl sites for hydroxylation is 1. The van der Waals surface area contributed by atoms with Crippen molar-refractivity contribution >= 4 is 23.1 Å². The van der Waals surface area contributed by atoms with Gasteiger partial charge in [0.05, 0.1) is 19.1 Å². The Labute approximate surface area is 130 Å². The molecule has 0 spiro atoms. The first-order valence-electron chi connectivity index (χ1n) is 7.27. The van der Waals surface area contributed by atoms with Crippen LogP contribution >= 0.6 is 0 Å². The summed E-state index contributed by atoms with van der Waals surface area (Å²) in [6.07, 6.45) is 0.159. The van der Waals surface area contributed by atoms with Gasteiger partial charge >= 0.3 is 11.7 Å². The Morgan fingerprint density at radius 3 is 2.78 bits per heavy atom. The van der Waals surface area contributed by atoms with Gasteiger partial charge < -0.3 is 9.30 Å². The summed E-state index contributed by atoms with van der Waals surface area (Å²) in [6.45, 7) is 2.43. The minimum atomic E-state index is -0.436. The summed E-state index contributed by atoms with van der Waals surface area (Å²) in [6, 6.07) is -0.249. The third-order valence-electron chi connectivity index (χ3n) is 3.86. The second-order valence-corrected chi connectivity index (χ2v) is 5.40. The minimum Gasteiger partial charge on any atom is -0.466 e. The highest BCUT2D eigenvalue weighted by molar-refractivity contribution is 5.75. The zero-order chi connectivity index (χ0) is 16.7. The van der Waals surface area contributed by atoms with Crippen LogP contribution in [0.3, 0.4) is 0 Å². The Kier molecular flexibility index (Phi) is 3.68. The van der Waals surface area contributed by atoms with Crippen molar-refractivity contribution in [3.63, 3.8) is 0 Å². The summed E-state index contributed by atoms with van der Waals surface area (Å²) in [5.41, 5.74) is 5.62. The first kappa shape index (κ1) is 15.3. The molecule has 124 valence electrons. The predicted molar refractivity (Wildman–Crippen MR) is 82.0 cm³/mol. The Morgan fingerprint density at radius 1 is 1.35 bits per heavy atom. The van der Waals surface area contributed by atoms with Crippen molar-refractivity contribution in [1.82, 2.24) is 24.1 Å².